The largest absolute Gasteiger partial charge is 0.497 e. The second kappa shape index (κ2) is 6.55. The molecule has 0 amide bonds. The number of hydrogen-bond donors (Lipinski definition) is 0. The van der Waals surface area contributed by atoms with Crippen LogP contribution in [0.2, 0.25) is 0 Å². The van der Waals surface area contributed by atoms with Crippen molar-refractivity contribution in [1.82, 2.24) is 9.97 Å². The van der Waals surface area contributed by atoms with Crippen LogP contribution >= 0.6 is 22.7 Å². The van der Waals surface area contributed by atoms with E-state index in [1.54, 1.807) is 36.0 Å². The van der Waals surface area contributed by atoms with Crippen molar-refractivity contribution in [3.63, 3.8) is 0 Å². The third-order valence-corrected chi connectivity index (χ3v) is 5.79. The SMILES string of the molecule is COc1ccc(-c2nc(-c3cccs3)sc2-c2cccnc2)cc1. The maximum absolute atomic E-state index is 5.26. The quantitative estimate of drug-likeness (QED) is 0.480. The highest BCUT2D eigenvalue weighted by molar-refractivity contribution is 7.23. The molecule has 24 heavy (non-hydrogen) atoms. The number of hydrogen-bond acceptors (Lipinski definition) is 5. The van der Waals surface area contributed by atoms with Gasteiger partial charge in [0.25, 0.3) is 0 Å². The van der Waals surface area contributed by atoms with Gasteiger partial charge in [0, 0.05) is 23.5 Å². The number of rotatable bonds is 4. The van der Waals surface area contributed by atoms with Crippen molar-refractivity contribution in [2.24, 2.45) is 0 Å². The van der Waals surface area contributed by atoms with Gasteiger partial charge in [-0.25, -0.2) is 4.98 Å². The van der Waals surface area contributed by atoms with Crippen LogP contribution in [0.15, 0.2) is 66.3 Å². The molecule has 1 aromatic carbocycles. The zero-order valence-electron chi connectivity index (χ0n) is 13.0. The van der Waals surface area contributed by atoms with Gasteiger partial charge < -0.3 is 4.74 Å². The Morgan fingerprint density at radius 2 is 1.83 bits per heavy atom. The molecule has 3 aromatic heterocycles. The molecule has 0 aliphatic carbocycles. The lowest BCUT2D eigenvalue weighted by molar-refractivity contribution is 0.415. The van der Waals surface area contributed by atoms with Gasteiger partial charge in [0.05, 0.1) is 22.6 Å². The van der Waals surface area contributed by atoms with E-state index >= 15 is 0 Å². The summed E-state index contributed by atoms with van der Waals surface area (Å²) in [5.74, 6) is 0.843. The van der Waals surface area contributed by atoms with Crippen molar-refractivity contribution < 1.29 is 4.74 Å². The van der Waals surface area contributed by atoms with E-state index in [0.29, 0.717) is 0 Å². The van der Waals surface area contributed by atoms with Crippen molar-refractivity contribution in [3.8, 4) is 37.3 Å². The molecule has 5 heteroatoms. The number of methoxy groups -OCH3 is 1. The van der Waals surface area contributed by atoms with Gasteiger partial charge in [-0.2, -0.15) is 0 Å². The smallest absolute Gasteiger partial charge is 0.134 e. The summed E-state index contributed by atoms with van der Waals surface area (Å²) < 4.78 is 5.26. The second-order valence-electron chi connectivity index (χ2n) is 5.14. The number of nitrogens with zero attached hydrogens (tertiary/aromatic N) is 2. The summed E-state index contributed by atoms with van der Waals surface area (Å²) >= 11 is 3.41. The molecule has 0 aliphatic heterocycles. The van der Waals surface area contributed by atoms with Gasteiger partial charge >= 0.3 is 0 Å². The molecule has 0 unspecified atom stereocenters. The molecule has 4 rings (SSSR count). The second-order valence-corrected chi connectivity index (χ2v) is 7.09. The fraction of sp³-hybridized carbons (Fsp3) is 0.0526. The first kappa shape index (κ1) is 15.1. The molecule has 0 fully saturated rings. The molecule has 118 valence electrons. The number of ether oxygens (including phenoxy) is 1. The van der Waals surface area contributed by atoms with E-state index in [0.717, 1.165) is 32.5 Å². The van der Waals surface area contributed by atoms with E-state index in [1.807, 2.05) is 36.5 Å². The fourth-order valence-electron chi connectivity index (χ4n) is 2.46. The van der Waals surface area contributed by atoms with E-state index in [-0.39, 0.29) is 0 Å². The van der Waals surface area contributed by atoms with E-state index in [4.69, 9.17) is 9.72 Å². The number of benzene rings is 1. The van der Waals surface area contributed by atoms with Crippen molar-refractivity contribution in [2.45, 2.75) is 0 Å². The maximum Gasteiger partial charge on any atom is 0.134 e. The third kappa shape index (κ3) is 2.84. The first-order valence-corrected chi connectivity index (χ1v) is 9.14. The first-order valence-electron chi connectivity index (χ1n) is 7.44. The predicted octanol–water partition coefficient (Wildman–Crippen LogP) is 5.61. The van der Waals surface area contributed by atoms with Gasteiger partial charge in [0.2, 0.25) is 0 Å². The Morgan fingerprint density at radius 3 is 2.50 bits per heavy atom. The van der Waals surface area contributed by atoms with Crippen LogP contribution < -0.4 is 4.74 Å². The fourth-order valence-corrected chi connectivity index (χ4v) is 4.34. The molecule has 0 aliphatic rings. The summed E-state index contributed by atoms with van der Waals surface area (Å²) in [7, 11) is 1.67. The Morgan fingerprint density at radius 1 is 0.958 bits per heavy atom. The average Bonchev–Trinajstić information content (AvgIpc) is 3.32. The number of pyridine rings is 1. The lowest BCUT2D eigenvalue weighted by atomic mass is 10.1. The van der Waals surface area contributed by atoms with Gasteiger partial charge in [-0.15, -0.1) is 22.7 Å². The van der Waals surface area contributed by atoms with Crippen LogP contribution in [0.25, 0.3) is 31.6 Å². The lowest BCUT2D eigenvalue weighted by Gasteiger charge is -2.04. The maximum atomic E-state index is 5.26. The van der Waals surface area contributed by atoms with Crippen LogP contribution in [-0.2, 0) is 0 Å². The van der Waals surface area contributed by atoms with Crippen LogP contribution in [0, 0.1) is 0 Å². The Kier molecular flexibility index (Phi) is 4.11. The van der Waals surface area contributed by atoms with E-state index in [2.05, 4.69) is 28.6 Å². The highest BCUT2D eigenvalue weighted by Crippen LogP contribution is 2.41. The zero-order chi connectivity index (χ0) is 16.4. The summed E-state index contributed by atoms with van der Waals surface area (Å²) in [6.45, 7) is 0. The minimum Gasteiger partial charge on any atom is -0.497 e. The summed E-state index contributed by atoms with van der Waals surface area (Å²) in [4.78, 5) is 11.5. The highest BCUT2D eigenvalue weighted by Gasteiger charge is 2.16. The molecular formula is C19H14N2OS2. The zero-order valence-corrected chi connectivity index (χ0v) is 14.6. The first-order chi connectivity index (χ1) is 11.8. The van der Waals surface area contributed by atoms with Gasteiger partial charge in [0.15, 0.2) is 0 Å². The van der Waals surface area contributed by atoms with Gasteiger partial charge in [-0.1, -0.05) is 12.1 Å². The summed E-state index contributed by atoms with van der Waals surface area (Å²) in [6, 6.07) is 16.2. The van der Waals surface area contributed by atoms with Crippen LogP contribution in [0.1, 0.15) is 0 Å². The minimum atomic E-state index is 0.843. The van der Waals surface area contributed by atoms with Crippen LogP contribution in [0.4, 0.5) is 0 Å². The third-order valence-electron chi connectivity index (χ3n) is 3.65. The Labute approximate surface area is 148 Å². The number of thiophene rings is 1. The van der Waals surface area contributed by atoms with Crippen molar-refractivity contribution >= 4 is 22.7 Å². The Bertz CT molecular complexity index is 929. The lowest BCUT2D eigenvalue weighted by Crippen LogP contribution is -1.85. The number of thiazole rings is 1. The summed E-state index contributed by atoms with van der Waals surface area (Å²) in [5.41, 5.74) is 3.15. The predicted molar refractivity (Wildman–Crippen MR) is 101 cm³/mol. The van der Waals surface area contributed by atoms with Gasteiger partial charge in [-0.05, 0) is 41.8 Å². The molecule has 4 aromatic rings. The molecule has 0 radical (unpaired) electrons. The van der Waals surface area contributed by atoms with Gasteiger partial charge in [-0.3, -0.25) is 4.98 Å². The molecule has 0 saturated heterocycles. The Balaban J connectivity index is 1.87. The normalized spacial score (nSPS) is 10.7. The molecule has 0 saturated carbocycles. The number of aromatic nitrogens is 2. The van der Waals surface area contributed by atoms with E-state index in [1.165, 1.54) is 4.88 Å². The average molecular weight is 350 g/mol. The molecular weight excluding hydrogens is 336 g/mol. The standard InChI is InChI=1S/C19H14N2OS2/c1-22-15-8-6-13(7-9-15)17-18(14-4-2-10-20-12-14)24-19(21-17)16-5-3-11-23-16/h2-12H,1H3. The van der Waals surface area contributed by atoms with E-state index in [9.17, 15) is 0 Å². The van der Waals surface area contributed by atoms with Crippen molar-refractivity contribution in [2.75, 3.05) is 7.11 Å². The summed E-state index contributed by atoms with van der Waals surface area (Å²) in [5, 5.41) is 3.11. The van der Waals surface area contributed by atoms with Crippen molar-refractivity contribution in [1.29, 1.82) is 0 Å². The Hall–Kier alpha value is -2.50. The van der Waals surface area contributed by atoms with Crippen LogP contribution in [0.5, 0.6) is 5.75 Å². The minimum absolute atomic E-state index is 0.843. The molecule has 3 heterocycles. The monoisotopic (exact) mass is 350 g/mol. The highest BCUT2D eigenvalue weighted by atomic mass is 32.1. The van der Waals surface area contributed by atoms with E-state index < -0.39 is 0 Å². The van der Waals surface area contributed by atoms with Crippen molar-refractivity contribution in [3.05, 3.63) is 66.3 Å². The molecule has 0 bridgehead atoms. The molecule has 0 atom stereocenters. The molecule has 0 spiro atoms. The topological polar surface area (TPSA) is 35.0 Å². The van der Waals surface area contributed by atoms with Crippen LogP contribution in [0.3, 0.4) is 0 Å². The van der Waals surface area contributed by atoms with Gasteiger partial charge in [0.1, 0.15) is 10.8 Å². The molecule has 0 N–H and O–H groups in total. The molecule has 3 nitrogen and oxygen atoms in total. The summed E-state index contributed by atoms with van der Waals surface area (Å²) in [6.07, 6.45) is 3.68. The van der Waals surface area contributed by atoms with Crippen LogP contribution in [-0.4, -0.2) is 17.1 Å².